The van der Waals surface area contributed by atoms with Crippen molar-refractivity contribution in [3.8, 4) is 5.75 Å². The van der Waals surface area contributed by atoms with E-state index < -0.39 is 0 Å². The highest BCUT2D eigenvalue weighted by Gasteiger charge is 1.98. The Kier molecular flexibility index (Phi) is 3.98. The van der Waals surface area contributed by atoms with Gasteiger partial charge in [0.1, 0.15) is 5.75 Å². The lowest BCUT2D eigenvalue weighted by molar-refractivity contribution is -0.111. The second-order valence-electron chi connectivity index (χ2n) is 4.28. The summed E-state index contributed by atoms with van der Waals surface area (Å²) >= 11 is 0. The van der Waals surface area contributed by atoms with Gasteiger partial charge >= 0.3 is 0 Å². The van der Waals surface area contributed by atoms with Gasteiger partial charge in [0.05, 0.1) is 0 Å². The van der Waals surface area contributed by atoms with Crippen molar-refractivity contribution in [3.63, 3.8) is 0 Å². The van der Waals surface area contributed by atoms with Crippen molar-refractivity contribution in [2.75, 3.05) is 5.32 Å². The van der Waals surface area contributed by atoms with E-state index in [4.69, 9.17) is 0 Å². The van der Waals surface area contributed by atoms with E-state index >= 15 is 0 Å². The van der Waals surface area contributed by atoms with E-state index in [0.717, 1.165) is 5.56 Å². The fraction of sp³-hybridized carbons (Fsp3) is 0.0625. The first-order chi connectivity index (χ1) is 9.13. The average molecular weight is 253 g/mol. The number of benzene rings is 2. The van der Waals surface area contributed by atoms with Crippen LogP contribution in [-0.2, 0) is 4.79 Å². The second-order valence-corrected chi connectivity index (χ2v) is 4.28. The summed E-state index contributed by atoms with van der Waals surface area (Å²) in [5.41, 5.74) is 2.72. The van der Waals surface area contributed by atoms with E-state index in [0.29, 0.717) is 5.69 Å². The van der Waals surface area contributed by atoms with Crippen molar-refractivity contribution in [1.29, 1.82) is 0 Å². The van der Waals surface area contributed by atoms with Gasteiger partial charge in [-0.3, -0.25) is 4.79 Å². The van der Waals surface area contributed by atoms with Crippen molar-refractivity contribution >= 4 is 17.7 Å². The zero-order chi connectivity index (χ0) is 13.7. The molecule has 0 fully saturated rings. The van der Waals surface area contributed by atoms with Crippen molar-refractivity contribution in [3.05, 3.63) is 65.7 Å². The molecule has 0 aliphatic carbocycles. The van der Waals surface area contributed by atoms with Crippen LogP contribution >= 0.6 is 0 Å². The van der Waals surface area contributed by atoms with E-state index in [1.165, 1.54) is 17.7 Å². The second kappa shape index (κ2) is 5.87. The minimum Gasteiger partial charge on any atom is -0.508 e. The third-order valence-electron chi connectivity index (χ3n) is 2.62. The number of amides is 1. The molecule has 0 bridgehead atoms. The lowest BCUT2D eigenvalue weighted by atomic mass is 10.1. The Hall–Kier alpha value is -2.55. The molecule has 2 aromatic rings. The molecule has 96 valence electrons. The van der Waals surface area contributed by atoms with Crippen LogP contribution in [0.4, 0.5) is 5.69 Å². The molecule has 19 heavy (non-hydrogen) atoms. The summed E-state index contributed by atoms with van der Waals surface area (Å²) in [6.07, 6.45) is 3.21. The van der Waals surface area contributed by atoms with Crippen LogP contribution in [0, 0.1) is 6.92 Å². The Morgan fingerprint density at radius 2 is 1.89 bits per heavy atom. The highest BCUT2D eigenvalue weighted by Crippen LogP contribution is 2.15. The highest BCUT2D eigenvalue weighted by molar-refractivity contribution is 6.02. The number of anilines is 1. The molecule has 3 heteroatoms. The summed E-state index contributed by atoms with van der Waals surface area (Å²) in [5, 5.41) is 12.0. The number of hydrogen-bond donors (Lipinski definition) is 2. The molecule has 0 aliphatic heterocycles. The number of carbonyl (C=O) groups is 1. The summed E-state index contributed by atoms with van der Waals surface area (Å²) in [6.45, 7) is 2.02. The van der Waals surface area contributed by atoms with Crippen LogP contribution in [0.3, 0.4) is 0 Å². The third-order valence-corrected chi connectivity index (χ3v) is 2.62. The maximum Gasteiger partial charge on any atom is 0.248 e. The van der Waals surface area contributed by atoms with E-state index in [2.05, 4.69) is 5.32 Å². The normalized spacial score (nSPS) is 10.6. The van der Waals surface area contributed by atoms with Gasteiger partial charge in [0.25, 0.3) is 0 Å². The van der Waals surface area contributed by atoms with E-state index in [-0.39, 0.29) is 11.7 Å². The number of rotatable bonds is 3. The zero-order valence-corrected chi connectivity index (χ0v) is 10.6. The predicted molar refractivity (Wildman–Crippen MR) is 76.9 cm³/mol. The van der Waals surface area contributed by atoms with Gasteiger partial charge in [0.15, 0.2) is 0 Å². The molecular formula is C16H15NO2. The highest BCUT2D eigenvalue weighted by atomic mass is 16.3. The molecule has 0 saturated heterocycles. The average Bonchev–Trinajstić information content (AvgIpc) is 2.38. The van der Waals surface area contributed by atoms with Crippen LogP contribution in [0.1, 0.15) is 11.1 Å². The smallest absolute Gasteiger partial charge is 0.248 e. The molecule has 0 saturated carbocycles. The first-order valence-electron chi connectivity index (χ1n) is 5.98. The maximum atomic E-state index is 11.7. The number of hydrogen-bond acceptors (Lipinski definition) is 2. The summed E-state index contributed by atoms with van der Waals surface area (Å²) < 4.78 is 0. The molecule has 1 amide bonds. The molecule has 2 aromatic carbocycles. The van der Waals surface area contributed by atoms with Crippen LogP contribution in [0.15, 0.2) is 54.6 Å². The fourth-order valence-corrected chi connectivity index (χ4v) is 1.62. The van der Waals surface area contributed by atoms with Gasteiger partial charge in [-0.25, -0.2) is 0 Å². The molecule has 2 rings (SSSR count). The van der Waals surface area contributed by atoms with Crippen molar-refractivity contribution in [2.45, 2.75) is 6.92 Å². The number of aryl methyl sites for hydroxylation is 1. The monoisotopic (exact) mass is 253 g/mol. The van der Waals surface area contributed by atoms with Gasteiger partial charge in [0, 0.05) is 17.8 Å². The van der Waals surface area contributed by atoms with E-state index in [1.807, 2.05) is 31.2 Å². The molecular weight excluding hydrogens is 238 g/mol. The Morgan fingerprint density at radius 3 is 2.58 bits per heavy atom. The lowest BCUT2D eigenvalue weighted by Crippen LogP contribution is -2.07. The Labute approximate surface area is 112 Å². The van der Waals surface area contributed by atoms with Gasteiger partial charge in [-0.1, -0.05) is 35.9 Å². The molecule has 0 atom stereocenters. The minimum absolute atomic E-state index is 0.125. The summed E-state index contributed by atoms with van der Waals surface area (Å²) in [4.78, 5) is 11.7. The van der Waals surface area contributed by atoms with Gasteiger partial charge in [-0.15, -0.1) is 0 Å². The molecule has 0 unspecified atom stereocenters. The van der Waals surface area contributed by atoms with Crippen LogP contribution in [0.2, 0.25) is 0 Å². The van der Waals surface area contributed by atoms with Crippen LogP contribution in [0.5, 0.6) is 5.75 Å². The van der Waals surface area contributed by atoms with E-state index in [9.17, 15) is 9.90 Å². The number of phenolic OH excluding ortho intramolecular Hbond substituents is 1. The minimum atomic E-state index is -0.230. The molecule has 3 nitrogen and oxygen atoms in total. The topological polar surface area (TPSA) is 49.3 Å². The standard InChI is InChI=1S/C16H15NO2/c1-12-5-7-13(8-6-12)9-10-16(19)17-14-3-2-4-15(18)11-14/h2-11,18H,1H3,(H,17,19)/b10-9+. The van der Waals surface area contributed by atoms with Gasteiger partial charge in [-0.2, -0.15) is 0 Å². The fourth-order valence-electron chi connectivity index (χ4n) is 1.62. The summed E-state index contributed by atoms with van der Waals surface area (Å²) in [6, 6.07) is 14.3. The lowest BCUT2D eigenvalue weighted by Gasteiger charge is -2.02. The Balaban J connectivity index is 1.99. The zero-order valence-electron chi connectivity index (χ0n) is 10.6. The van der Waals surface area contributed by atoms with Crippen LogP contribution < -0.4 is 5.32 Å². The SMILES string of the molecule is Cc1ccc(/C=C/C(=O)Nc2cccc(O)c2)cc1. The Bertz CT molecular complexity index is 600. The van der Waals surface area contributed by atoms with Gasteiger partial charge in [-0.05, 0) is 30.7 Å². The largest absolute Gasteiger partial charge is 0.508 e. The quantitative estimate of drug-likeness (QED) is 0.824. The third kappa shape index (κ3) is 4.00. The Morgan fingerprint density at radius 1 is 1.16 bits per heavy atom. The predicted octanol–water partition coefficient (Wildman–Crippen LogP) is 3.35. The molecule has 0 heterocycles. The van der Waals surface area contributed by atoms with E-state index in [1.54, 1.807) is 24.3 Å². The van der Waals surface area contributed by atoms with Gasteiger partial charge < -0.3 is 10.4 Å². The molecule has 0 aromatic heterocycles. The van der Waals surface area contributed by atoms with Crippen LogP contribution in [0.25, 0.3) is 6.08 Å². The molecule has 0 radical (unpaired) electrons. The maximum absolute atomic E-state index is 11.7. The number of aromatic hydroxyl groups is 1. The first-order valence-corrected chi connectivity index (χ1v) is 5.98. The van der Waals surface area contributed by atoms with Crippen LogP contribution in [-0.4, -0.2) is 11.0 Å². The van der Waals surface area contributed by atoms with Crippen molar-refractivity contribution in [2.24, 2.45) is 0 Å². The number of nitrogens with one attached hydrogen (secondary N) is 1. The molecule has 2 N–H and O–H groups in total. The summed E-state index contributed by atoms with van der Waals surface area (Å²) in [5.74, 6) is -0.105. The van der Waals surface area contributed by atoms with Gasteiger partial charge in [0.2, 0.25) is 5.91 Å². The molecule has 0 aliphatic rings. The van der Waals surface area contributed by atoms with Crippen molar-refractivity contribution < 1.29 is 9.90 Å². The summed E-state index contributed by atoms with van der Waals surface area (Å²) in [7, 11) is 0. The number of carbonyl (C=O) groups excluding carboxylic acids is 1. The number of phenols is 1. The first kappa shape index (κ1) is 12.9. The van der Waals surface area contributed by atoms with Crippen molar-refractivity contribution in [1.82, 2.24) is 0 Å². The molecule has 0 spiro atoms.